The lowest BCUT2D eigenvalue weighted by Gasteiger charge is -2.18. The van der Waals surface area contributed by atoms with E-state index >= 15 is 0 Å². The quantitative estimate of drug-likeness (QED) is 0.198. The van der Waals surface area contributed by atoms with Gasteiger partial charge in [0.1, 0.15) is 0 Å². The van der Waals surface area contributed by atoms with Gasteiger partial charge in [-0.05, 0) is 52.7 Å². The molecule has 0 unspecified atom stereocenters. The monoisotopic (exact) mass is 452 g/mol. The van der Waals surface area contributed by atoms with Crippen molar-refractivity contribution in [2.24, 2.45) is 0 Å². The van der Waals surface area contributed by atoms with Crippen molar-refractivity contribution in [2.45, 2.75) is 12.8 Å². The fourth-order valence-electron chi connectivity index (χ4n) is 3.80. The minimum Gasteiger partial charge on any atom is -0.122 e. The summed E-state index contributed by atoms with van der Waals surface area (Å²) in [6.07, 6.45) is 0. The van der Waals surface area contributed by atoms with Crippen LogP contribution in [-0.2, 0) is 5.88 Å². The van der Waals surface area contributed by atoms with Crippen LogP contribution < -0.4 is 15.9 Å². The summed E-state index contributed by atoms with van der Waals surface area (Å²) >= 11 is 5.91. The van der Waals surface area contributed by atoms with Gasteiger partial charge in [-0.15, -0.1) is 11.6 Å². The molecule has 0 aromatic heterocycles. The first-order chi connectivity index (χ1) is 15.8. The van der Waals surface area contributed by atoms with Crippen LogP contribution in [-0.4, -0.2) is 0 Å². The molecule has 5 rings (SSSR count). The van der Waals surface area contributed by atoms with Crippen molar-refractivity contribution in [3.05, 3.63) is 139 Å². The van der Waals surface area contributed by atoms with E-state index in [0.29, 0.717) is 5.88 Å². The Bertz CT molecular complexity index is 1160. The first kappa shape index (κ1) is 22.3. The Kier molecular flexibility index (Phi) is 7.73. The third kappa shape index (κ3) is 5.28. The molecule has 32 heavy (non-hydrogen) atoms. The molecule has 0 bridgehead atoms. The lowest BCUT2D eigenvalue weighted by atomic mass is 10.0. The zero-order chi connectivity index (χ0) is 22.2. The van der Waals surface area contributed by atoms with Crippen molar-refractivity contribution in [1.82, 2.24) is 0 Å². The van der Waals surface area contributed by atoms with Crippen LogP contribution in [0.1, 0.15) is 11.1 Å². The number of aryl methyl sites for hydroxylation is 1. The molecule has 0 radical (unpaired) electrons. The van der Waals surface area contributed by atoms with Gasteiger partial charge in [-0.25, -0.2) is 0 Å². The Balaban J connectivity index is 0.000000165. The Morgan fingerprint density at radius 3 is 1.44 bits per heavy atom. The number of benzene rings is 5. The predicted molar refractivity (Wildman–Crippen MR) is 143 cm³/mol. The first-order valence-corrected chi connectivity index (χ1v) is 12.6. The summed E-state index contributed by atoms with van der Waals surface area (Å²) in [7, 11) is -0.446. The fourth-order valence-corrected chi connectivity index (χ4v) is 6.46. The van der Waals surface area contributed by atoms with Gasteiger partial charge >= 0.3 is 0 Å². The van der Waals surface area contributed by atoms with Gasteiger partial charge in [-0.2, -0.15) is 0 Å². The maximum absolute atomic E-state index is 5.91. The van der Waals surface area contributed by atoms with Crippen LogP contribution in [0.15, 0.2) is 127 Å². The maximum Gasteiger partial charge on any atom is 0.0482 e. The van der Waals surface area contributed by atoms with Crippen LogP contribution in [0, 0.1) is 6.92 Å². The third-order valence-electron chi connectivity index (χ3n) is 5.45. The lowest BCUT2D eigenvalue weighted by Crippen LogP contribution is -2.20. The molecule has 0 amide bonds. The molecule has 2 heteroatoms. The molecule has 158 valence electrons. The van der Waals surface area contributed by atoms with E-state index in [0.717, 1.165) is 0 Å². The van der Waals surface area contributed by atoms with Crippen molar-refractivity contribution < 1.29 is 0 Å². The standard InChI is InChI=1S/C18H15P.C12H11Cl/c1-4-10-16(11-5-1)19(17-12-6-2-7-13-17)18-14-8-3-9-15-18;1-9-6-7-10-4-2-3-5-11(10)12(9)8-13/h1-15H;2-7H,8H2,1H3. The first-order valence-electron chi connectivity index (χ1n) is 10.8. The second-order valence-corrected chi connectivity index (χ2v) is 10.0. The maximum atomic E-state index is 5.91. The molecule has 0 fully saturated rings. The number of hydrogen-bond donors (Lipinski definition) is 0. The number of halogens is 1. The Hall–Kier alpha value is -2.92. The van der Waals surface area contributed by atoms with Crippen LogP contribution in [0.25, 0.3) is 10.8 Å². The number of alkyl halides is 1. The Morgan fingerprint density at radius 2 is 0.969 bits per heavy atom. The average Bonchev–Trinajstić information content (AvgIpc) is 2.87. The van der Waals surface area contributed by atoms with E-state index < -0.39 is 7.92 Å². The summed E-state index contributed by atoms with van der Waals surface area (Å²) in [4.78, 5) is 0. The predicted octanol–water partition coefficient (Wildman–Crippen LogP) is 7.33. The topological polar surface area (TPSA) is 0 Å². The van der Waals surface area contributed by atoms with Crippen molar-refractivity contribution in [3.8, 4) is 0 Å². The highest BCUT2D eigenvalue weighted by atomic mass is 35.5. The van der Waals surface area contributed by atoms with Gasteiger partial charge in [-0.3, -0.25) is 0 Å². The second-order valence-electron chi connectivity index (χ2n) is 7.56. The molecule has 0 aliphatic heterocycles. The van der Waals surface area contributed by atoms with Gasteiger partial charge in [0, 0.05) is 5.88 Å². The summed E-state index contributed by atoms with van der Waals surface area (Å²) in [5, 5.41) is 6.74. The molecular weight excluding hydrogens is 427 g/mol. The largest absolute Gasteiger partial charge is 0.122 e. The summed E-state index contributed by atoms with van der Waals surface area (Å²) < 4.78 is 0. The van der Waals surface area contributed by atoms with E-state index in [1.807, 2.05) is 0 Å². The van der Waals surface area contributed by atoms with Crippen LogP contribution in [0.3, 0.4) is 0 Å². The average molecular weight is 453 g/mol. The second kappa shape index (κ2) is 11.1. The summed E-state index contributed by atoms with van der Waals surface area (Å²) in [6, 6.07) is 44.9. The molecular formula is C30H26ClP. The zero-order valence-corrected chi connectivity index (χ0v) is 19.8. The molecule has 5 aromatic carbocycles. The molecule has 0 atom stereocenters. The van der Waals surface area contributed by atoms with Crippen LogP contribution in [0.4, 0.5) is 0 Å². The molecule has 5 aromatic rings. The van der Waals surface area contributed by atoms with Crippen LogP contribution in [0.2, 0.25) is 0 Å². The van der Waals surface area contributed by atoms with Crippen LogP contribution in [0.5, 0.6) is 0 Å². The molecule has 0 N–H and O–H groups in total. The smallest absolute Gasteiger partial charge is 0.0482 e. The van der Waals surface area contributed by atoms with Gasteiger partial charge in [0.25, 0.3) is 0 Å². The SMILES string of the molecule is Cc1ccc2ccccc2c1CCl.c1ccc(P(c2ccccc2)c2ccccc2)cc1. The van der Waals surface area contributed by atoms with E-state index in [-0.39, 0.29) is 0 Å². The summed E-state index contributed by atoms with van der Waals surface area (Å²) in [5.74, 6) is 0.590. The lowest BCUT2D eigenvalue weighted by molar-refractivity contribution is 1.34. The molecule has 0 nitrogen and oxygen atoms in total. The summed E-state index contributed by atoms with van der Waals surface area (Å²) in [5.41, 5.74) is 2.52. The van der Waals surface area contributed by atoms with E-state index in [9.17, 15) is 0 Å². The van der Waals surface area contributed by atoms with E-state index in [1.165, 1.54) is 37.8 Å². The molecule has 0 saturated carbocycles. The van der Waals surface area contributed by atoms with Crippen LogP contribution >= 0.6 is 19.5 Å². The van der Waals surface area contributed by atoms with E-state index in [1.54, 1.807) is 0 Å². The van der Waals surface area contributed by atoms with Gasteiger partial charge < -0.3 is 0 Å². The number of hydrogen-bond acceptors (Lipinski definition) is 0. The molecule has 0 heterocycles. The Labute approximate surface area is 197 Å². The Morgan fingerprint density at radius 1 is 0.531 bits per heavy atom. The molecule has 0 aliphatic rings. The van der Waals surface area contributed by atoms with E-state index in [2.05, 4.69) is 134 Å². The third-order valence-corrected chi connectivity index (χ3v) is 8.16. The molecule has 0 aliphatic carbocycles. The molecule has 0 saturated heterocycles. The normalized spacial score (nSPS) is 10.6. The molecule has 0 spiro atoms. The summed E-state index contributed by atoms with van der Waals surface area (Å²) in [6.45, 7) is 2.10. The zero-order valence-electron chi connectivity index (χ0n) is 18.2. The number of rotatable bonds is 4. The van der Waals surface area contributed by atoms with Crippen molar-refractivity contribution in [2.75, 3.05) is 0 Å². The number of fused-ring (bicyclic) bond motifs is 1. The highest BCUT2D eigenvalue weighted by Crippen LogP contribution is 2.32. The minimum atomic E-state index is -0.446. The van der Waals surface area contributed by atoms with E-state index in [4.69, 9.17) is 11.6 Å². The highest BCUT2D eigenvalue weighted by molar-refractivity contribution is 7.79. The van der Waals surface area contributed by atoms with Gasteiger partial charge in [0.05, 0.1) is 0 Å². The highest BCUT2D eigenvalue weighted by Gasteiger charge is 2.15. The minimum absolute atomic E-state index is 0.446. The van der Waals surface area contributed by atoms with Gasteiger partial charge in [0.15, 0.2) is 0 Å². The fraction of sp³-hybridized carbons (Fsp3) is 0.0667. The van der Waals surface area contributed by atoms with Gasteiger partial charge in [-0.1, -0.05) is 127 Å². The van der Waals surface area contributed by atoms with Crippen molar-refractivity contribution in [3.63, 3.8) is 0 Å². The van der Waals surface area contributed by atoms with Gasteiger partial charge in [0.2, 0.25) is 0 Å². The van der Waals surface area contributed by atoms with Crippen molar-refractivity contribution in [1.29, 1.82) is 0 Å². The van der Waals surface area contributed by atoms with Crippen molar-refractivity contribution >= 4 is 46.2 Å².